The van der Waals surface area contributed by atoms with Gasteiger partial charge in [0.2, 0.25) is 0 Å². The number of hydrogen-bond acceptors (Lipinski definition) is 2. The molecule has 0 aliphatic carbocycles. The zero-order valence-electron chi connectivity index (χ0n) is 11.3. The van der Waals surface area contributed by atoms with Gasteiger partial charge in [-0.3, -0.25) is 4.90 Å². The summed E-state index contributed by atoms with van der Waals surface area (Å²) in [5, 5.41) is 0. The Morgan fingerprint density at radius 2 is 1.47 bits per heavy atom. The molecule has 2 nitrogen and oxygen atoms in total. The largest absolute Gasteiger partial charge is 0.381 e. The number of methoxy groups -OCH3 is 1. The Bertz CT molecular complexity index is 197. The number of piperidine rings is 1. The maximum atomic E-state index is 5.41. The van der Waals surface area contributed by atoms with Crippen molar-refractivity contribution in [3.05, 3.63) is 0 Å². The minimum absolute atomic E-state index is 0.270. The summed E-state index contributed by atoms with van der Waals surface area (Å²) in [7, 11) is 1.83. The predicted molar refractivity (Wildman–Crippen MR) is 65.1 cm³/mol. The highest BCUT2D eigenvalue weighted by molar-refractivity contribution is 4.94. The molecular formula is C13H27NO. The van der Waals surface area contributed by atoms with E-state index >= 15 is 0 Å². The lowest BCUT2D eigenvalue weighted by Gasteiger charge is -2.50. The van der Waals surface area contributed by atoms with Crippen molar-refractivity contribution in [2.45, 2.75) is 59.1 Å². The van der Waals surface area contributed by atoms with Crippen LogP contribution in [0, 0.1) is 5.41 Å². The van der Waals surface area contributed by atoms with E-state index in [0.29, 0.717) is 11.5 Å². The molecule has 0 atom stereocenters. The van der Waals surface area contributed by atoms with Crippen molar-refractivity contribution in [1.82, 2.24) is 4.90 Å². The predicted octanol–water partition coefficient (Wildman–Crippen LogP) is 2.92. The van der Waals surface area contributed by atoms with Crippen LogP contribution in [0.4, 0.5) is 0 Å². The normalized spacial score (nSPS) is 22.0. The van der Waals surface area contributed by atoms with Crippen molar-refractivity contribution < 1.29 is 4.74 Å². The highest BCUT2D eigenvalue weighted by Crippen LogP contribution is 2.36. The molecule has 0 bridgehead atoms. The molecule has 0 spiro atoms. The van der Waals surface area contributed by atoms with Gasteiger partial charge >= 0.3 is 0 Å². The molecule has 1 rings (SSSR count). The fourth-order valence-electron chi connectivity index (χ4n) is 2.12. The highest BCUT2D eigenvalue weighted by Gasteiger charge is 2.39. The third-order valence-corrected chi connectivity index (χ3v) is 4.40. The second-order valence-corrected chi connectivity index (χ2v) is 6.23. The van der Waals surface area contributed by atoms with Gasteiger partial charge in [0.25, 0.3) is 0 Å². The van der Waals surface area contributed by atoms with Gasteiger partial charge in [-0.2, -0.15) is 0 Å². The quantitative estimate of drug-likeness (QED) is 0.699. The van der Waals surface area contributed by atoms with Gasteiger partial charge in [0.05, 0.1) is 6.10 Å². The third kappa shape index (κ3) is 2.73. The van der Waals surface area contributed by atoms with Crippen molar-refractivity contribution >= 4 is 0 Å². The van der Waals surface area contributed by atoms with E-state index in [1.807, 2.05) is 7.11 Å². The van der Waals surface area contributed by atoms with E-state index in [2.05, 4.69) is 39.5 Å². The molecule has 0 amide bonds. The third-order valence-electron chi connectivity index (χ3n) is 4.40. The monoisotopic (exact) mass is 213 g/mol. The molecule has 0 aromatic rings. The van der Waals surface area contributed by atoms with Crippen LogP contribution < -0.4 is 0 Å². The minimum atomic E-state index is 0.270. The summed E-state index contributed by atoms with van der Waals surface area (Å²) < 4.78 is 5.41. The average molecular weight is 213 g/mol. The Balaban J connectivity index is 2.60. The summed E-state index contributed by atoms with van der Waals surface area (Å²) in [5.74, 6) is 0. The topological polar surface area (TPSA) is 12.5 Å². The standard InChI is InChI=1S/C13H27NO/c1-12(2,3)13(4,5)14-9-7-11(15-6)8-10-14/h11H,7-10H2,1-6H3. The Morgan fingerprint density at radius 1 is 1.00 bits per heavy atom. The van der Waals surface area contributed by atoms with Gasteiger partial charge < -0.3 is 4.74 Å². The van der Waals surface area contributed by atoms with Gasteiger partial charge in [-0.25, -0.2) is 0 Å². The lowest BCUT2D eigenvalue weighted by atomic mass is 9.74. The van der Waals surface area contributed by atoms with Crippen LogP contribution in [0.1, 0.15) is 47.5 Å². The van der Waals surface area contributed by atoms with E-state index in [1.54, 1.807) is 0 Å². The molecule has 0 saturated carbocycles. The summed E-state index contributed by atoms with van der Waals surface area (Å²) in [6.45, 7) is 14.0. The molecule has 1 aliphatic heterocycles. The minimum Gasteiger partial charge on any atom is -0.381 e. The van der Waals surface area contributed by atoms with Gasteiger partial charge in [0, 0.05) is 25.7 Å². The van der Waals surface area contributed by atoms with Crippen LogP contribution in [0.5, 0.6) is 0 Å². The zero-order chi connectivity index (χ0) is 11.7. The molecule has 1 fully saturated rings. The van der Waals surface area contributed by atoms with Gasteiger partial charge in [0.1, 0.15) is 0 Å². The van der Waals surface area contributed by atoms with Gasteiger partial charge in [-0.1, -0.05) is 20.8 Å². The summed E-state index contributed by atoms with van der Waals surface area (Å²) in [5.41, 5.74) is 0.596. The van der Waals surface area contributed by atoms with E-state index in [9.17, 15) is 0 Å². The summed E-state index contributed by atoms with van der Waals surface area (Å²) >= 11 is 0. The molecular weight excluding hydrogens is 186 g/mol. The van der Waals surface area contributed by atoms with Crippen molar-refractivity contribution in [2.24, 2.45) is 5.41 Å². The van der Waals surface area contributed by atoms with Gasteiger partial charge in [-0.05, 0) is 32.1 Å². The summed E-state index contributed by atoms with van der Waals surface area (Å²) in [4.78, 5) is 2.61. The Kier molecular flexibility index (Phi) is 3.83. The Hall–Kier alpha value is -0.0800. The van der Waals surface area contributed by atoms with Crippen LogP contribution in [-0.4, -0.2) is 36.7 Å². The number of hydrogen-bond donors (Lipinski definition) is 0. The average Bonchev–Trinajstić information content (AvgIpc) is 2.16. The first-order chi connectivity index (χ1) is 6.79. The van der Waals surface area contributed by atoms with Gasteiger partial charge in [-0.15, -0.1) is 0 Å². The molecule has 1 heterocycles. The van der Waals surface area contributed by atoms with E-state index in [0.717, 1.165) is 0 Å². The molecule has 0 aromatic carbocycles. The van der Waals surface area contributed by atoms with E-state index < -0.39 is 0 Å². The maximum absolute atomic E-state index is 5.41. The SMILES string of the molecule is COC1CCN(C(C)(C)C(C)(C)C)CC1. The highest BCUT2D eigenvalue weighted by atomic mass is 16.5. The van der Waals surface area contributed by atoms with Crippen LogP contribution in [0.3, 0.4) is 0 Å². The zero-order valence-corrected chi connectivity index (χ0v) is 11.3. The molecule has 0 N–H and O–H groups in total. The van der Waals surface area contributed by atoms with Crippen molar-refractivity contribution in [3.8, 4) is 0 Å². The molecule has 0 aromatic heterocycles. The first-order valence-electron chi connectivity index (χ1n) is 6.07. The Morgan fingerprint density at radius 3 is 1.80 bits per heavy atom. The number of likely N-dealkylation sites (tertiary alicyclic amines) is 1. The number of rotatable bonds is 2. The molecule has 90 valence electrons. The maximum Gasteiger partial charge on any atom is 0.0595 e. The van der Waals surface area contributed by atoms with Crippen LogP contribution in [0.15, 0.2) is 0 Å². The smallest absolute Gasteiger partial charge is 0.0595 e. The molecule has 15 heavy (non-hydrogen) atoms. The first-order valence-corrected chi connectivity index (χ1v) is 6.07. The van der Waals surface area contributed by atoms with E-state index in [1.165, 1.54) is 25.9 Å². The van der Waals surface area contributed by atoms with Crippen molar-refractivity contribution in [1.29, 1.82) is 0 Å². The number of ether oxygens (including phenoxy) is 1. The van der Waals surface area contributed by atoms with Crippen LogP contribution in [0.2, 0.25) is 0 Å². The molecule has 2 heteroatoms. The summed E-state index contributed by atoms with van der Waals surface area (Å²) in [6, 6.07) is 0. The molecule has 1 saturated heterocycles. The van der Waals surface area contributed by atoms with Crippen LogP contribution in [-0.2, 0) is 4.74 Å². The second-order valence-electron chi connectivity index (χ2n) is 6.23. The molecule has 1 aliphatic rings. The Labute approximate surface area is 95.0 Å². The van der Waals surface area contributed by atoms with Crippen molar-refractivity contribution in [2.75, 3.05) is 20.2 Å². The van der Waals surface area contributed by atoms with Crippen LogP contribution in [0.25, 0.3) is 0 Å². The van der Waals surface area contributed by atoms with E-state index in [-0.39, 0.29) is 5.54 Å². The molecule has 0 radical (unpaired) electrons. The van der Waals surface area contributed by atoms with Gasteiger partial charge in [0.15, 0.2) is 0 Å². The fourth-order valence-corrected chi connectivity index (χ4v) is 2.12. The second kappa shape index (κ2) is 4.42. The first kappa shape index (κ1) is 13.0. The lowest BCUT2D eigenvalue weighted by Crippen LogP contribution is -2.56. The van der Waals surface area contributed by atoms with Crippen LogP contribution >= 0.6 is 0 Å². The van der Waals surface area contributed by atoms with E-state index in [4.69, 9.17) is 4.74 Å². The summed E-state index contributed by atoms with van der Waals surface area (Å²) in [6.07, 6.45) is 2.84. The fraction of sp³-hybridized carbons (Fsp3) is 1.00. The van der Waals surface area contributed by atoms with Crippen molar-refractivity contribution in [3.63, 3.8) is 0 Å². The molecule has 0 unspecified atom stereocenters. The lowest BCUT2D eigenvalue weighted by molar-refractivity contribution is -0.0331. The number of nitrogens with zero attached hydrogens (tertiary/aromatic N) is 1.